The molecule has 0 heterocycles. The van der Waals surface area contributed by atoms with Crippen LogP contribution in [0.15, 0.2) is 12.1 Å². The van der Waals surface area contributed by atoms with E-state index >= 15 is 0 Å². The Balaban J connectivity index is 3.09. The third-order valence-corrected chi connectivity index (χ3v) is 2.64. The summed E-state index contributed by atoms with van der Waals surface area (Å²) in [5, 5.41) is 8.89. The quantitative estimate of drug-likeness (QED) is 0.848. The zero-order valence-electron chi connectivity index (χ0n) is 10.7. The van der Waals surface area contributed by atoms with Gasteiger partial charge in [0.1, 0.15) is 0 Å². The first-order chi connectivity index (χ1) is 8.49. The van der Waals surface area contributed by atoms with E-state index in [9.17, 15) is 9.18 Å². The lowest BCUT2D eigenvalue weighted by atomic mass is 9.98. The van der Waals surface area contributed by atoms with Crippen molar-refractivity contribution < 1.29 is 23.8 Å². The molecule has 0 bridgehead atoms. The van der Waals surface area contributed by atoms with Gasteiger partial charge in [-0.3, -0.25) is 4.79 Å². The van der Waals surface area contributed by atoms with Crippen LogP contribution < -0.4 is 4.74 Å². The van der Waals surface area contributed by atoms with Crippen LogP contribution in [0.3, 0.4) is 0 Å². The summed E-state index contributed by atoms with van der Waals surface area (Å²) in [5.41, 5.74) is 1.20. The summed E-state index contributed by atoms with van der Waals surface area (Å²) in [5.74, 6) is -1.92. The van der Waals surface area contributed by atoms with Gasteiger partial charge in [0, 0.05) is 7.11 Å². The molecule has 100 valence electrons. The van der Waals surface area contributed by atoms with Gasteiger partial charge >= 0.3 is 5.97 Å². The van der Waals surface area contributed by atoms with E-state index < -0.39 is 17.7 Å². The highest BCUT2D eigenvalue weighted by atomic mass is 19.1. The molecule has 0 spiro atoms. The summed E-state index contributed by atoms with van der Waals surface area (Å²) >= 11 is 0. The van der Waals surface area contributed by atoms with E-state index in [4.69, 9.17) is 14.6 Å². The molecule has 1 N–H and O–H groups in total. The molecule has 0 aliphatic heterocycles. The zero-order valence-corrected chi connectivity index (χ0v) is 10.7. The molecule has 0 saturated carbocycles. The Kier molecular flexibility index (Phi) is 5.09. The zero-order chi connectivity index (χ0) is 13.7. The number of carboxylic acids is 1. The van der Waals surface area contributed by atoms with Crippen molar-refractivity contribution in [2.45, 2.75) is 20.0 Å². The molecule has 18 heavy (non-hydrogen) atoms. The lowest BCUT2D eigenvalue weighted by Gasteiger charge is -2.13. The van der Waals surface area contributed by atoms with Crippen LogP contribution in [0.25, 0.3) is 0 Å². The van der Waals surface area contributed by atoms with Gasteiger partial charge in [0.2, 0.25) is 0 Å². The molecular formula is C13H17FO4. The van der Waals surface area contributed by atoms with Crippen molar-refractivity contribution in [3.05, 3.63) is 29.1 Å². The van der Waals surface area contributed by atoms with Crippen LogP contribution in [0.1, 0.15) is 18.1 Å². The Hall–Kier alpha value is -1.62. The number of hydrogen-bond donors (Lipinski definition) is 1. The number of carbonyl (C=O) groups is 1. The van der Waals surface area contributed by atoms with Crippen LogP contribution >= 0.6 is 0 Å². The van der Waals surface area contributed by atoms with Gasteiger partial charge in [-0.1, -0.05) is 6.92 Å². The highest BCUT2D eigenvalue weighted by Crippen LogP contribution is 2.27. The van der Waals surface area contributed by atoms with E-state index in [0.29, 0.717) is 11.1 Å². The molecule has 0 aliphatic carbocycles. The first kappa shape index (κ1) is 14.4. The lowest BCUT2D eigenvalue weighted by Crippen LogP contribution is -2.13. The Morgan fingerprint density at radius 3 is 2.61 bits per heavy atom. The second kappa shape index (κ2) is 6.35. The Labute approximate surface area is 105 Å². The van der Waals surface area contributed by atoms with Crippen LogP contribution in [-0.4, -0.2) is 25.3 Å². The van der Waals surface area contributed by atoms with E-state index in [1.165, 1.54) is 20.3 Å². The molecule has 0 aliphatic rings. The Morgan fingerprint density at radius 2 is 2.11 bits per heavy atom. The lowest BCUT2D eigenvalue weighted by molar-refractivity contribution is -0.141. The minimum Gasteiger partial charge on any atom is -0.493 e. The van der Waals surface area contributed by atoms with Crippen molar-refractivity contribution in [2.75, 3.05) is 14.2 Å². The van der Waals surface area contributed by atoms with E-state index in [1.54, 1.807) is 13.0 Å². The smallest absolute Gasteiger partial charge is 0.306 e. The Morgan fingerprint density at radius 1 is 1.44 bits per heavy atom. The monoisotopic (exact) mass is 256 g/mol. The summed E-state index contributed by atoms with van der Waals surface area (Å²) in [6, 6.07) is 3.04. The van der Waals surface area contributed by atoms with Crippen LogP contribution in [-0.2, 0) is 22.6 Å². The van der Waals surface area contributed by atoms with Gasteiger partial charge in [-0.15, -0.1) is 0 Å². The molecule has 1 aromatic rings. The molecule has 1 unspecified atom stereocenters. The fraction of sp³-hybridized carbons (Fsp3) is 0.462. The van der Waals surface area contributed by atoms with Gasteiger partial charge in [0.25, 0.3) is 0 Å². The van der Waals surface area contributed by atoms with Crippen molar-refractivity contribution in [3.8, 4) is 5.75 Å². The third kappa shape index (κ3) is 3.43. The van der Waals surface area contributed by atoms with Gasteiger partial charge in [0.05, 0.1) is 19.6 Å². The van der Waals surface area contributed by atoms with Crippen molar-refractivity contribution >= 4 is 5.97 Å². The predicted octanol–water partition coefficient (Wildman–Crippen LogP) is 2.24. The average molecular weight is 256 g/mol. The van der Waals surface area contributed by atoms with Crippen LogP contribution in [0.4, 0.5) is 4.39 Å². The van der Waals surface area contributed by atoms with Crippen LogP contribution in [0, 0.1) is 11.7 Å². The molecule has 0 aromatic heterocycles. The van der Waals surface area contributed by atoms with Gasteiger partial charge in [-0.25, -0.2) is 4.39 Å². The molecule has 0 radical (unpaired) electrons. The summed E-state index contributed by atoms with van der Waals surface area (Å²) < 4.78 is 23.7. The molecule has 1 rings (SSSR count). The molecule has 5 heteroatoms. The van der Waals surface area contributed by atoms with Gasteiger partial charge in [0.15, 0.2) is 11.6 Å². The fourth-order valence-corrected chi connectivity index (χ4v) is 1.76. The standard InChI is InChI=1S/C13H17FO4/c1-8(13(15)16)4-10-5-9(7-17-2)6-11(14)12(10)18-3/h5-6,8H,4,7H2,1-3H3,(H,15,16). The molecule has 0 fully saturated rings. The van der Waals surface area contributed by atoms with Gasteiger partial charge in [-0.2, -0.15) is 0 Å². The summed E-state index contributed by atoms with van der Waals surface area (Å²) in [6.45, 7) is 1.85. The average Bonchev–Trinajstić information content (AvgIpc) is 2.29. The highest BCUT2D eigenvalue weighted by molar-refractivity contribution is 5.70. The van der Waals surface area contributed by atoms with Crippen molar-refractivity contribution in [1.82, 2.24) is 0 Å². The molecule has 4 nitrogen and oxygen atoms in total. The minimum absolute atomic E-state index is 0.1000. The summed E-state index contributed by atoms with van der Waals surface area (Å²) in [4.78, 5) is 10.8. The number of rotatable bonds is 6. The van der Waals surface area contributed by atoms with Gasteiger partial charge in [-0.05, 0) is 29.7 Å². The van der Waals surface area contributed by atoms with Crippen molar-refractivity contribution in [3.63, 3.8) is 0 Å². The molecule has 1 aromatic carbocycles. The van der Waals surface area contributed by atoms with Gasteiger partial charge < -0.3 is 14.6 Å². The predicted molar refractivity (Wildman–Crippen MR) is 64.2 cm³/mol. The maximum absolute atomic E-state index is 13.8. The van der Waals surface area contributed by atoms with E-state index in [-0.39, 0.29) is 18.8 Å². The Bertz CT molecular complexity index is 431. The number of halogens is 1. The van der Waals surface area contributed by atoms with Crippen LogP contribution in [0.5, 0.6) is 5.75 Å². The second-order valence-corrected chi connectivity index (χ2v) is 4.15. The number of methoxy groups -OCH3 is 2. The molecular weight excluding hydrogens is 239 g/mol. The topological polar surface area (TPSA) is 55.8 Å². The molecule has 0 saturated heterocycles. The third-order valence-electron chi connectivity index (χ3n) is 2.64. The normalized spacial score (nSPS) is 12.2. The maximum Gasteiger partial charge on any atom is 0.306 e. The van der Waals surface area contributed by atoms with E-state index in [0.717, 1.165) is 0 Å². The second-order valence-electron chi connectivity index (χ2n) is 4.15. The largest absolute Gasteiger partial charge is 0.493 e. The number of benzene rings is 1. The highest BCUT2D eigenvalue weighted by Gasteiger charge is 2.18. The summed E-state index contributed by atoms with van der Waals surface area (Å²) in [7, 11) is 2.88. The number of ether oxygens (including phenoxy) is 2. The summed E-state index contributed by atoms with van der Waals surface area (Å²) in [6.07, 6.45) is 0.215. The van der Waals surface area contributed by atoms with E-state index in [1.807, 2.05) is 0 Å². The first-order valence-corrected chi connectivity index (χ1v) is 5.56. The van der Waals surface area contributed by atoms with Crippen molar-refractivity contribution in [2.24, 2.45) is 5.92 Å². The molecule has 0 amide bonds. The first-order valence-electron chi connectivity index (χ1n) is 5.56. The minimum atomic E-state index is -0.922. The number of hydrogen-bond acceptors (Lipinski definition) is 3. The molecule has 1 atom stereocenters. The number of aliphatic carboxylic acids is 1. The van der Waals surface area contributed by atoms with Crippen molar-refractivity contribution in [1.29, 1.82) is 0 Å². The number of carboxylic acid groups (broad SMARTS) is 1. The van der Waals surface area contributed by atoms with Crippen LogP contribution in [0.2, 0.25) is 0 Å². The van der Waals surface area contributed by atoms with E-state index in [2.05, 4.69) is 0 Å². The fourth-order valence-electron chi connectivity index (χ4n) is 1.76. The SMILES string of the molecule is COCc1cc(F)c(OC)c(CC(C)C(=O)O)c1. The maximum atomic E-state index is 13.8.